The molecule has 1 atom stereocenters. The minimum absolute atomic E-state index is 0.0186. The number of halogens is 1. The number of piperidine rings is 1. The van der Waals surface area contributed by atoms with E-state index in [1.54, 1.807) is 16.6 Å². The van der Waals surface area contributed by atoms with Gasteiger partial charge in [-0.2, -0.15) is 5.10 Å². The maximum absolute atomic E-state index is 13.2. The Bertz CT molecular complexity index is 1070. The van der Waals surface area contributed by atoms with E-state index in [9.17, 15) is 14.4 Å². The van der Waals surface area contributed by atoms with Crippen LogP contribution in [0.3, 0.4) is 0 Å². The van der Waals surface area contributed by atoms with Gasteiger partial charge in [0, 0.05) is 55.8 Å². The van der Waals surface area contributed by atoms with Crippen LogP contribution in [0.1, 0.15) is 37.9 Å². The number of benzene rings is 1. The van der Waals surface area contributed by atoms with Crippen LogP contribution in [0.15, 0.2) is 33.5 Å². The summed E-state index contributed by atoms with van der Waals surface area (Å²) in [7, 11) is 1.60. The molecule has 2 fully saturated rings. The first-order chi connectivity index (χ1) is 15.9. The lowest BCUT2D eigenvalue weighted by Gasteiger charge is -2.33. The van der Waals surface area contributed by atoms with Crippen LogP contribution in [0.4, 0.5) is 5.69 Å². The number of rotatable bonds is 7. The summed E-state index contributed by atoms with van der Waals surface area (Å²) in [5.41, 5.74) is 0.699. The first kappa shape index (κ1) is 23.7. The highest BCUT2D eigenvalue weighted by molar-refractivity contribution is 9.10. The topological polar surface area (TPSA) is 89.7 Å². The molecule has 1 unspecified atom stereocenters. The number of methoxy groups -OCH3 is 1. The van der Waals surface area contributed by atoms with Crippen molar-refractivity contribution in [1.82, 2.24) is 19.2 Å². The van der Waals surface area contributed by atoms with E-state index in [0.29, 0.717) is 39.3 Å². The normalized spacial score (nSPS) is 19.5. The van der Waals surface area contributed by atoms with Crippen LogP contribution < -0.4 is 10.6 Å². The molecule has 178 valence electrons. The molecule has 1 aromatic heterocycles. The number of hydrogen-bond donors (Lipinski definition) is 0. The van der Waals surface area contributed by atoms with Gasteiger partial charge in [0.25, 0.3) is 0 Å². The Labute approximate surface area is 201 Å². The van der Waals surface area contributed by atoms with Gasteiger partial charge < -0.3 is 14.5 Å². The van der Waals surface area contributed by atoms with Gasteiger partial charge in [-0.25, -0.2) is 9.48 Å². The highest BCUT2D eigenvalue weighted by Crippen LogP contribution is 2.31. The second-order valence-electron chi connectivity index (χ2n) is 8.59. The Morgan fingerprint density at radius 3 is 2.67 bits per heavy atom. The van der Waals surface area contributed by atoms with Gasteiger partial charge in [0.05, 0.1) is 19.1 Å². The van der Waals surface area contributed by atoms with Gasteiger partial charge in [0.15, 0.2) is 0 Å². The van der Waals surface area contributed by atoms with Crippen molar-refractivity contribution in [3.05, 3.63) is 45.0 Å². The Morgan fingerprint density at radius 2 is 2.00 bits per heavy atom. The summed E-state index contributed by atoms with van der Waals surface area (Å²) in [6.07, 6.45) is 1.75. The number of ether oxygens (including phenoxy) is 1. The van der Waals surface area contributed by atoms with Crippen LogP contribution in [-0.4, -0.2) is 64.4 Å². The van der Waals surface area contributed by atoms with Crippen LogP contribution in [-0.2, 0) is 27.4 Å². The molecular formula is C23H30BrN5O4. The van der Waals surface area contributed by atoms with Gasteiger partial charge in [0.2, 0.25) is 11.8 Å². The fourth-order valence-corrected chi connectivity index (χ4v) is 5.15. The SMILES string of the molecule is CCn1c(C2CCN(C(=O)C3CC(=O)N(c4cccc(Br)c4)C3)CC2)nn(CCOC)c1=O. The zero-order valence-corrected chi connectivity index (χ0v) is 20.7. The standard InChI is InChI=1S/C23H30BrN5O4/c1-3-27-21(25-29(23(27)32)11-12-33-2)16-7-9-26(10-8-16)22(31)17-13-20(30)28(15-17)19-6-4-5-18(24)14-19/h4-6,14,16-17H,3,7-13,15H2,1-2H3. The Morgan fingerprint density at radius 1 is 1.24 bits per heavy atom. The molecule has 2 aliphatic rings. The number of nitrogens with zero attached hydrogens (tertiary/aromatic N) is 5. The van der Waals surface area contributed by atoms with Crippen LogP contribution >= 0.6 is 15.9 Å². The molecule has 0 aliphatic carbocycles. The van der Waals surface area contributed by atoms with E-state index in [4.69, 9.17) is 4.74 Å². The summed E-state index contributed by atoms with van der Waals surface area (Å²) in [6.45, 7) is 4.99. The van der Waals surface area contributed by atoms with Crippen LogP contribution in [0.5, 0.6) is 0 Å². The number of aromatic nitrogens is 3. The molecule has 10 heteroatoms. The lowest BCUT2D eigenvalue weighted by molar-refractivity contribution is -0.136. The quantitative estimate of drug-likeness (QED) is 0.559. The molecule has 3 heterocycles. The van der Waals surface area contributed by atoms with Gasteiger partial charge in [-0.3, -0.25) is 14.2 Å². The van der Waals surface area contributed by atoms with E-state index in [1.807, 2.05) is 36.1 Å². The van der Waals surface area contributed by atoms with E-state index in [0.717, 1.165) is 28.8 Å². The van der Waals surface area contributed by atoms with Crippen LogP contribution in [0, 0.1) is 5.92 Å². The number of hydrogen-bond acceptors (Lipinski definition) is 5. The first-order valence-corrected chi connectivity index (χ1v) is 12.2. The Hall–Kier alpha value is -2.46. The summed E-state index contributed by atoms with van der Waals surface area (Å²) in [6, 6.07) is 7.59. The number of likely N-dealkylation sites (tertiary alicyclic amines) is 1. The molecule has 2 amide bonds. The lowest BCUT2D eigenvalue weighted by atomic mass is 9.94. The molecule has 33 heavy (non-hydrogen) atoms. The van der Waals surface area contributed by atoms with Crippen LogP contribution in [0.25, 0.3) is 0 Å². The smallest absolute Gasteiger partial charge is 0.345 e. The fraction of sp³-hybridized carbons (Fsp3) is 0.565. The van der Waals surface area contributed by atoms with Gasteiger partial charge in [-0.05, 0) is 38.0 Å². The van der Waals surface area contributed by atoms with Crippen molar-refractivity contribution < 1.29 is 14.3 Å². The van der Waals surface area contributed by atoms with Crippen molar-refractivity contribution >= 4 is 33.4 Å². The van der Waals surface area contributed by atoms with Crippen molar-refractivity contribution in [2.45, 2.75) is 45.2 Å². The molecule has 1 aromatic carbocycles. The summed E-state index contributed by atoms with van der Waals surface area (Å²) < 4.78 is 9.19. The third-order valence-electron chi connectivity index (χ3n) is 6.54. The average Bonchev–Trinajstić information content (AvgIpc) is 3.36. The maximum Gasteiger partial charge on any atom is 0.345 e. The van der Waals surface area contributed by atoms with E-state index >= 15 is 0 Å². The maximum atomic E-state index is 13.2. The predicted molar refractivity (Wildman–Crippen MR) is 127 cm³/mol. The Balaban J connectivity index is 1.39. The summed E-state index contributed by atoms with van der Waals surface area (Å²) in [5.74, 6) is 0.624. The number of carbonyl (C=O) groups excluding carboxylic acids is 2. The van der Waals surface area contributed by atoms with Crippen molar-refractivity contribution in [1.29, 1.82) is 0 Å². The second kappa shape index (κ2) is 10.2. The van der Waals surface area contributed by atoms with E-state index in [-0.39, 0.29) is 35.8 Å². The molecule has 0 N–H and O–H groups in total. The van der Waals surface area contributed by atoms with Gasteiger partial charge in [-0.15, -0.1) is 0 Å². The minimum atomic E-state index is -0.324. The number of anilines is 1. The summed E-state index contributed by atoms with van der Waals surface area (Å²) >= 11 is 3.44. The molecule has 2 aliphatic heterocycles. The zero-order chi connectivity index (χ0) is 23.5. The minimum Gasteiger partial charge on any atom is -0.383 e. The predicted octanol–water partition coefficient (Wildman–Crippen LogP) is 2.23. The van der Waals surface area contributed by atoms with Crippen molar-refractivity contribution in [3.63, 3.8) is 0 Å². The summed E-state index contributed by atoms with van der Waals surface area (Å²) in [5, 5.41) is 4.58. The van der Waals surface area contributed by atoms with Crippen molar-refractivity contribution in [3.8, 4) is 0 Å². The lowest BCUT2D eigenvalue weighted by Crippen LogP contribution is -2.42. The molecular weight excluding hydrogens is 490 g/mol. The van der Waals surface area contributed by atoms with Gasteiger partial charge >= 0.3 is 5.69 Å². The van der Waals surface area contributed by atoms with Crippen LogP contribution in [0.2, 0.25) is 0 Å². The monoisotopic (exact) mass is 519 g/mol. The van der Waals surface area contributed by atoms with Gasteiger partial charge in [-0.1, -0.05) is 22.0 Å². The molecule has 9 nitrogen and oxygen atoms in total. The van der Waals surface area contributed by atoms with Crippen molar-refractivity contribution in [2.75, 3.05) is 38.3 Å². The second-order valence-corrected chi connectivity index (χ2v) is 9.50. The molecule has 0 spiro atoms. The van der Waals surface area contributed by atoms with Gasteiger partial charge in [0.1, 0.15) is 5.82 Å². The summed E-state index contributed by atoms with van der Waals surface area (Å²) in [4.78, 5) is 42.0. The molecule has 0 radical (unpaired) electrons. The van der Waals surface area contributed by atoms with Crippen molar-refractivity contribution in [2.24, 2.45) is 5.92 Å². The highest BCUT2D eigenvalue weighted by Gasteiger charge is 2.38. The van der Waals surface area contributed by atoms with E-state index in [1.165, 1.54) is 4.68 Å². The third-order valence-corrected chi connectivity index (χ3v) is 7.03. The first-order valence-electron chi connectivity index (χ1n) is 11.4. The molecule has 0 saturated carbocycles. The fourth-order valence-electron chi connectivity index (χ4n) is 4.76. The number of carbonyl (C=O) groups is 2. The highest BCUT2D eigenvalue weighted by atomic mass is 79.9. The molecule has 2 aromatic rings. The average molecular weight is 520 g/mol. The van der Waals surface area contributed by atoms with E-state index < -0.39 is 0 Å². The third kappa shape index (κ3) is 4.91. The molecule has 2 saturated heterocycles. The Kier molecular flexibility index (Phi) is 7.33. The molecule has 4 rings (SSSR count). The largest absolute Gasteiger partial charge is 0.383 e. The number of amides is 2. The molecule has 0 bridgehead atoms. The van der Waals surface area contributed by atoms with E-state index in [2.05, 4.69) is 21.0 Å². The zero-order valence-electron chi connectivity index (χ0n) is 19.1.